The van der Waals surface area contributed by atoms with Gasteiger partial charge in [-0.25, -0.2) is 0 Å². The number of thioether (sulfide) groups is 2. The molecule has 0 spiro atoms. The summed E-state index contributed by atoms with van der Waals surface area (Å²) in [6, 6.07) is 20.0. The van der Waals surface area contributed by atoms with Crippen molar-refractivity contribution in [1.82, 2.24) is 0 Å². The van der Waals surface area contributed by atoms with Gasteiger partial charge in [0, 0.05) is 5.57 Å². The van der Waals surface area contributed by atoms with Crippen LogP contribution in [0.4, 0.5) is 0 Å². The SMILES string of the molecule is COc1ccc(C=C(C(=O)C2SCCCS2)c2ccc3cc(OC)ccc3c2)cc1. The Morgan fingerprint density at radius 2 is 1.50 bits per heavy atom. The van der Waals surface area contributed by atoms with E-state index in [1.165, 1.54) is 0 Å². The molecule has 5 heteroatoms. The van der Waals surface area contributed by atoms with Crippen LogP contribution >= 0.6 is 23.5 Å². The Kier molecular flexibility index (Phi) is 6.70. The van der Waals surface area contributed by atoms with Crippen LogP contribution in [0.1, 0.15) is 17.5 Å². The summed E-state index contributed by atoms with van der Waals surface area (Å²) in [7, 11) is 3.32. The molecule has 1 aliphatic heterocycles. The Morgan fingerprint density at radius 3 is 2.20 bits per heavy atom. The van der Waals surface area contributed by atoms with Crippen molar-refractivity contribution in [3.05, 3.63) is 71.8 Å². The molecule has 0 unspecified atom stereocenters. The number of benzene rings is 3. The second-order valence-corrected chi connectivity index (χ2v) is 9.77. The van der Waals surface area contributed by atoms with E-state index in [0.29, 0.717) is 0 Å². The third kappa shape index (κ3) is 4.68. The zero-order valence-electron chi connectivity index (χ0n) is 17.1. The fraction of sp³-hybridized carbons (Fsp3) is 0.240. The molecule has 0 atom stereocenters. The average Bonchev–Trinajstić information content (AvgIpc) is 2.82. The van der Waals surface area contributed by atoms with Crippen LogP contribution in [-0.4, -0.2) is 36.1 Å². The molecular weight excluding hydrogens is 412 g/mol. The van der Waals surface area contributed by atoms with Gasteiger partial charge in [0.05, 0.1) is 14.2 Å². The number of Topliss-reactive ketones (excluding diaryl/α,β-unsaturated/α-hetero) is 1. The lowest BCUT2D eigenvalue weighted by atomic mass is 9.96. The van der Waals surface area contributed by atoms with Crippen LogP contribution in [-0.2, 0) is 4.79 Å². The highest BCUT2D eigenvalue weighted by Gasteiger charge is 2.26. The van der Waals surface area contributed by atoms with Crippen molar-refractivity contribution < 1.29 is 14.3 Å². The van der Waals surface area contributed by atoms with Crippen molar-refractivity contribution in [2.75, 3.05) is 25.7 Å². The second-order valence-electron chi connectivity index (χ2n) is 7.05. The maximum atomic E-state index is 13.5. The van der Waals surface area contributed by atoms with E-state index in [4.69, 9.17) is 9.47 Å². The van der Waals surface area contributed by atoms with Crippen molar-refractivity contribution in [1.29, 1.82) is 0 Å². The van der Waals surface area contributed by atoms with Crippen molar-refractivity contribution in [3.8, 4) is 11.5 Å². The molecule has 0 aromatic heterocycles. The molecule has 0 bridgehead atoms. The Hall–Kier alpha value is -2.37. The number of rotatable bonds is 6. The summed E-state index contributed by atoms with van der Waals surface area (Å²) in [5.74, 6) is 3.90. The second kappa shape index (κ2) is 9.63. The molecule has 1 heterocycles. The normalized spacial score (nSPS) is 15.2. The topological polar surface area (TPSA) is 35.5 Å². The van der Waals surface area contributed by atoms with E-state index in [0.717, 1.165) is 56.9 Å². The first-order chi connectivity index (χ1) is 14.7. The minimum Gasteiger partial charge on any atom is -0.497 e. The number of ketones is 1. The number of allylic oxidation sites excluding steroid dienone is 1. The minimum atomic E-state index is -0.0465. The maximum Gasteiger partial charge on any atom is 0.186 e. The average molecular weight is 437 g/mol. The van der Waals surface area contributed by atoms with Crippen molar-refractivity contribution in [2.45, 2.75) is 11.0 Å². The van der Waals surface area contributed by atoms with Gasteiger partial charge in [-0.2, -0.15) is 0 Å². The van der Waals surface area contributed by atoms with Crippen LogP contribution < -0.4 is 9.47 Å². The summed E-state index contributed by atoms with van der Waals surface area (Å²) >= 11 is 3.51. The summed E-state index contributed by atoms with van der Waals surface area (Å²) in [5.41, 5.74) is 2.69. The quantitative estimate of drug-likeness (QED) is 0.341. The molecule has 1 saturated heterocycles. The fourth-order valence-electron chi connectivity index (χ4n) is 3.45. The highest BCUT2D eigenvalue weighted by Crippen LogP contribution is 2.36. The smallest absolute Gasteiger partial charge is 0.186 e. The van der Waals surface area contributed by atoms with E-state index in [1.54, 1.807) is 37.7 Å². The van der Waals surface area contributed by atoms with E-state index in [9.17, 15) is 4.79 Å². The highest BCUT2D eigenvalue weighted by atomic mass is 32.2. The van der Waals surface area contributed by atoms with E-state index >= 15 is 0 Å². The van der Waals surface area contributed by atoms with Crippen LogP contribution in [0.5, 0.6) is 11.5 Å². The van der Waals surface area contributed by atoms with Crippen molar-refractivity contribution in [3.63, 3.8) is 0 Å². The molecule has 154 valence electrons. The lowest BCUT2D eigenvalue weighted by Gasteiger charge is -2.21. The van der Waals surface area contributed by atoms with Gasteiger partial charge in [0.15, 0.2) is 5.78 Å². The number of carbonyl (C=O) groups excluding carboxylic acids is 1. The summed E-state index contributed by atoms with van der Waals surface area (Å²) in [5, 5.41) is 2.18. The molecule has 1 aliphatic rings. The van der Waals surface area contributed by atoms with Crippen LogP contribution in [0.2, 0.25) is 0 Å². The Bertz CT molecular complexity index is 1070. The van der Waals surface area contributed by atoms with Gasteiger partial charge in [0.1, 0.15) is 16.1 Å². The monoisotopic (exact) mass is 436 g/mol. The Balaban J connectivity index is 1.76. The lowest BCUT2D eigenvalue weighted by molar-refractivity contribution is -0.112. The molecule has 30 heavy (non-hydrogen) atoms. The first-order valence-electron chi connectivity index (χ1n) is 9.89. The van der Waals surface area contributed by atoms with Crippen LogP contribution in [0.3, 0.4) is 0 Å². The first kappa shape index (κ1) is 20.9. The number of carbonyl (C=O) groups is 1. The van der Waals surface area contributed by atoms with E-state index in [2.05, 4.69) is 12.1 Å². The van der Waals surface area contributed by atoms with Crippen molar-refractivity contribution in [2.24, 2.45) is 0 Å². The first-order valence-corrected chi connectivity index (χ1v) is 12.0. The molecule has 0 saturated carbocycles. The van der Waals surface area contributed by atoms with Gasteiger partial charge < -0.3 is 9.47 Å². The van der Waals surface area contributed by atoms with Crippen LogP contribution in [0, 0.1) is 0 Å². The molecule has 0 N–H and O–H groups in total. The zero-order valence-corrected chi connectivity index (χ0v) is 18.7. The van der Waals surface area contributed by atoms with E-state index in [1.807, 2.05) is 54.6 Å². The number of hydrogen-bond acceptors (Lipinski definition) is 5. The van der Waals surface area contributed by atoms with Gasteiger partial charge in [0.2, 0.25) is 0 Å². The number of hydrogen-bond donors (Lipinski definition) is 0. The van der Waals surface area contributed by atoms with Gasteiger partial charge >= 0.3 is 0 Å². The van der Waals surface area contributed by atoms with Crippen molar-refractivity contribution >= 4 is 51.7 Å². The van der Waals surface area contributed by atoms with Gasteiger partial charge in [-0.05, 0) is 76.2 Å². The Morgan fingerprint density at radius 1 is 0.867 bits per heavy atom. The van der Waals surface area contributed by atoms with E-state index in [-0.39, 0.29) is 10.4 Å². The molecule has 0 radical (unpaired) electrons. The third-order valence-corrected chi connectivity index (χ3v) is 7.99. The van der Waals surface area contributed by atoms with E-state index < -0.39 is 0 Å². The van der Waals surface area contributed by atoms with Crippen LogP contribution in [0.15, 0.2) is 60.7 Å². The molecule has 1 fully saturated rings. The summed E-state index contributed by atoms with van der Waals surface area (Å²) in [6.45, 7) is 0. The van der Waals surface area contributed by atoms with Gasteiger partial charge in [-0.15, -0.1) is 23.5 Å². The summed E-state index contributed by atoms with van der Waals surface area (Å²) < 4.78 is 10.6. The van der Waals surface area contributed by atoms with Gasteiger partial charge in [0.25, 0.3) is 0 Å². The largest absolute Gasteiger partial charge is 0.497 e. The highest BCUT2D eigenvalue weighted by molar-refractivity contribution is 8.18. The number of ether oxygens (including phenoxy) is 2. The molecule has 3 aromatic rings. The molecule has 4 rings (SSSR count). The number of fused-ring (bicyclic) bond motifs is 1. The molecule has 0 amide bonds. The van der Waals surface area contributed by atoms with Gasteiger partial charge in [-0.3, -0.25) is 4.79 Å². The summed E-state index contributed by atoms with van der Waals surface area (Å²) in [6.07, 6.45) is 3.16. The molecular formula is C25H24O3S2. The molecule has 3 aromatic carbocycles. The lowest BCUT2D eigenvalue weighted by Crippen LogP contribution is -2.19. The maximum absolute atomic E-state index is 13.5. The molecule has 0 aliphatic carbocycles. The predicted octanol–water partition coefficient (Wildman–Crippen LogP) is 6.16. The Labute approximate surface area is 185 Å². The van der Waals surface area contributed by atoms with Gasteiger partial charge in [-0.1, -0.05) is 30.3 Å². The van der Waals surface area contributed by atoms with Crippen LogP contribution in [0.25, 0.3) is 22.4 Å². The summed E-state index contributed by atoms with van der Waals surface area (Å²) in [4.78, 5) is 13.5. The third-order valence-electron chi connectivity index (χ3n) is 5.09. The zero-order chi connectivity index (χ0) is 20.9. The standard InChI is InChI=1S/C25H24O3S2/c1-27-21-9-4-17(5-10-21)14-23(24(26)25-29-12-3-13-30-25)20-7-6-19-16-22(28-2)11-8-18(19)15-20/h4-11,14-16,25H,3,12-13H2,1-2H3. The minimum absolute atomic E-state index is 0.0465. The molecule has 3 nitrogen and oxygen atoms in total. The number of methoxy groups -OCH3 is 2. The fourth-order valence-corrected chi connectivity index (χ4v) is 6.20. The predicted molar refractivity (Wildman–Crippen MR) is 130 cm³/mol.